The van der Waals surface area contributed by atoms with Gasteiger partial charge >= 0.3 is 0 Å². The molecule has 0 unspecified atom stereocenters. The largest absolute Gasteiger partial charge is 0.368 e. The van der Waals surface area contributed by atoms with Gasteiger partial charge < -0.3 is 15.5 Å². The van der Waals surface area contributed by atoms with Crippen LogP contribution in [0.25, 0.3) is 0 Å². The standard InChI is InChI=1S/C19H29N5/c1-23-11-18(12-23)9-10-24(13-18)16-14-5-4-8-19(6-2-3-7-19)15(14)21-17(20)22-16/h2-13H2,1H3,(H2,20,21,22). The summed E-state index contributed by atoms with van der Waals surface area (Å²) >= 11 is 0. The molecule has 5 heteroatoms. The summed E-state index contributed by atoms with van der Waals surface area (Å²) in [6.45, 7) is 4.74. The van der Waals surface area contributed by atoms with Gasteiger partial charge in [0.2, 0.25) is 5.95 Å². The van der Waals surface area contributed by atoms with Crippen molar-refractivity contribution in [2.75, 3.05) is 43.9 Å². The van der Waals surface area contributed by atoms with Crippen molar-refractivity contribution in [3.8, 4) is 0 Å². The fraction of sp³-hybridized carbons (Fsp3) is 0.789. The number of hydrogen-bond acceptors (Lipinski definition) is 5. The van der Waals surface area contributed by atoms with Crippen LogP contribution in [-0.2, 0) is 11.8 Å². The number of aromatic nitrogens is 2. The molecule has 1 aromatic heterocycles. The van der Waals surface area contributed by atoms with Crippen LogP contribution in [0.4, 0.5) is 11.8 Å². The molecule has 2 aliphatic carbocycles. The number of nitrogens with two attached hydrogens (primary N) is 1. The van der Waals surface area contributed by atoms with Crippen LogP contribution in [0.3, 0.4) is 0 Å². The van der Waals surface area contributed by atoms with Crippen molar-refractivity contribution in [1.29, 1.82) is 0 Å². The summed E-state index contributed by atoms with van der Waals surface area (Å²) in [5, 5.41) is 0. The summed E-state index contributed by atoms with van der Waals surface area (Å²) in [6.07, 6.45) is 10.3. The number of rotatable bonds is 1. The predicted octanol–water partition coefficient (Wildman–Crippen LogP) is 2.35. The number of hydrogen-bond donors (Lipinski definition) is 1. The first kappa shape index (κ1) is 14.9. The van der Waals surface area contributed by atoms with E-state index in [9.17, 15) is 0 Å². The van der Waals surface area contributed by atoms with Gasteiger partial charge in [-0.15, -0.1) is 0 Å². The Morgan fingerprint density at radius 1 is 0.958 bits per heavy atom. The lowest BCUT2D eigenvalue weighted by molar-refractivity contribution is 0.0424. The van der Waals surface area contributed by atoms with Gasteiger partial charge in [-0.2, -0.15) is 4.98 Å². The van der Waals surface area contributed by atoms with E-state index in [1.54, 1.807) is 0 Å². The molecule has 0 aromatic carbocycles. The second-order valence-electron chi connectivity index (χ2n) is 8.92. The van der Waals surface area contributed by atoms with Crippen LogP contribution in [0.15, 0.2) is 0 Å². The first-order valence-electron chi connectivity index (χ1n) is 9.70. The first-order chi connectivity index (χ1) is 11.6. The molecule has 2 spiro atoms. The Kier molecular flexibility index (Phi) is 3.16. The molecule has 3 heterocycles. The van der Waals surface area contributed by atoms with Crippen LogP contribution < -0.4 is 10.6 Å². The lowest BCUT2D eigenvalue weighted by Gasteiger charge is -2.46. The van der Waals surface area contributed by atoms with E-state index in [4.69, 9.17) is 15.7 Å². The molecule has 5 nitrogen and oxygen atoms in total. The first-order valence-corrected chi connectivity index (χ1v) is 9.70. The zero-order valence-corrected chi connectivity index (χ0v) is 14.9. The van der Waals surface area contributed by atoms with E-state index < -0.39 is 0 Å². The number of fused-ring (bicyclic) bond motifs is 2. The number of nitrogens with zero attached hydrogens (tertiary/aromatic N) is 4. The molecule has 4 aliphatic rings. The summed E-state index contributed by atoms with van der Waals surface area (Å²) in [4.78, 5) is 14.5. The molecule has 24 heavy (non-hydrogen) atoms. The third-order valence-corrected chi connectivity index (χ3v) is 7.10. The highest BCUT2D eigenvalue weighted by Crippen LogP contribution is 2.50. The van der Waals surface area contributed by atoms with Gasteiger partial charge in [-0.25, -0.2) is 4.98 Å². The Morgan fingerprint density at radius 3 is 2.46 bits per heavy atom. The quantitative estimate of drug-likeness (QED) is 0.858. The number of anilines is 2. The molecule has 0 bridgehead atoms. The second-order valence-corrected chi connectivity index (χ2v) is 8.92. The molecule has 0 atom stereocenters. The van der Waals surface area contributed by atoms with E-state index in [0.717, 1.165) is 19.5 Å². The highest BCUT2D eigenvalue weighted by Gasteiger charge is 2.48. The van der Waals surface area contributed by atoms with Crippen molar-refractivity contribution in [3.63, 3.8) is 0 Å². The fourth-order valence-corrected chi connectivity index (χ4v) is 6.15. The predicted molar refractivity (Wildman–Crippen MR) is 96.3 cm³/mol. The molecule has 1 saturated carbocycles. The van der Waals surface area contributed by atoms with Crippen LogP contribution in [0.2, 0.25) is 0 Å². The fourth-order valence-electron chi connectivity index (χ4n) is 6.15. The molecule has 2 aliphatic heterocycles. The normalized spacial score (nSPS) is 27.6. The van der Waals surface area contributed by atoms with Crippen molar-refractivity contribution < 1.29 is 0 Å². The maximum Gasteiger partial charge on any atom is 0.222 e. The van der Waals surface area contributed by atoms with E-state index in [1.165, 1.54) is 75.1 Å². The molecule has 2 N–H and O–H groups in total. The van der Waals surface area contributed by atoms with Gasteiger partial charge in [0.05, 0.1) is 5.69 Å². The molecule has 0 amide bonds. The van der Waals surface area contributed by atoms with E-state index in [0.29, 0.717) is 16.8 Å². The van der Waals surface area contributed by atoms with Gasteiger partial charge in [0.25, 0.3) is 0 Å². The summed E-state index contributed by atoms with van der Waals surface area (Å²) in [6, 6.07) is 0. The van der Waals surface area contributed by atoms with Crippen molar-refractivity contribution in [2.45, 2.75) is 56.8 Å². The monoisotopic (exact) mass is 327 g/mol. The van der Waals surface area contributed by atoms with Gasteiger partial charge in [-0.05, 0) is 45.6 Å². The molecule has 3 fully saturated rings. The van der Waals surface area contributed by atoms with Gasteiger partial charge in [0.1, 0.15) is 5.82 Å². The van der Waals surface area contributed by atoms with Crippen LogP contribution in [-0.4, -0.2) is 48.1 Å². The maximum absolute atomic E-state index is 6.18. The third-order valence-electron chi connectivity index (χ3n) is 7.10. The zero-order chi connectivity index (χ0) is 16.4. The molecule has 2 saturated heterocycles. The minimum Gasteiger partial charge on any atom is -0.368 e. The van der Waals surface area contributed by atoms with Crippen molar-refractivity contribution >= 4 is 11.8 Å². The van der Waals surface area contributed by atoms with E-state index in [1.807, 2.05) is 0 Å². The number of nitrogen functional groups attached to an aromatic ring is 1. The zero-order valence-electron chi connectivity index (χ0n) is 14.9. The molecule has 0 radical (unpaired) electrons. The molecular weight excluding hydrogens is 298 g/mol. The average molecular weight is 327 g/mol. The Morgan fingerprint density at radius 2 is 1.71 bits per heavy atom. The smallest absolute Gasteiger partial charge is 0.222 e. The van der Waals surface area contributed by atoms with Crippen molar-refractivity contribution in [3.05, 3.63) is 11.3 Å². The van der Waals surface area contributed by atoms with E-state index in [2.05, 4.69) is 16.8 Å². The van der Waals surface area contributed by atoms with E-state index in [-0.39, 0.29) is 0 Å². The summed E-state index contributed by atoms with van der Waals surface area (Å²) < 4.78 is 0. The van der Waals surface area contributed by atoms with Gasteiger partial charge in [0.15, 0.2) is 0 Å². The molecular formula is C19H29N5. The van der Waals surface area contributed by atoms with Crippen LogP contribution in [0.1, 0.15) is 56.2 Å². The Labute approximate surface area is 144 Å². The Hall–Kier alpha value is -1.36. The summed E-state index contributed by atoms with van der Waals surface area (Å²) in [5.41, 5.74) is 9.75. The lowest BCUT2D eigenvalue weighted by Crippen LogP contribution is -2.55. The Balaban J connectivity index is 1.52. The molecule has 1 aromatic rings. The number of likely N-dealkylation sites (tertiary alicyclic amines) is 1. The minimum absolute atomic E-state index is 0.313. The SMILES string of the molecule is CN1CC2(CCN(c3nc(N)nc4c3CCCC43CCCC3)C2)C1. The summed E-state index contributed by atoms with van der Waals surface area (Å²) in [7, 11) is 2.22. The topological polar surface area (TPSA) is 58.3 Å². The molecule has 5 rings (SSSR count). The summed E-state index contributed by atoms with van der Waals surface area (Å²) in [5.74, 6) is 1.67. The van der Waals surface area contributed by atoms with Crippen molar-refractivity contribution in [2.24, 2.45) is 5.41 Å². The maximum atomic E-state index is 6.18. The third kappa shape index (κ3) is 2.10. The van der Waals surface area contributed by atoms with Gasteiger partial charge in [-0.1, -0.05) is 12.8 Å². The average Bonchev–Trinajstić information content (AvgIpc) is 3.16. The van der Waals surface area contributed by atoms with Gasteiger partial charge in [0, 0.05) is 42.6 Å². The highest BCUT2D eigenvalue weighted by molar-refractivity contribution is 5.56. The second kappa shape index (κ2) is 5.07. The lowest BCUT2D eigenvalue weighted by atomic mass is 9.71. The van der Waals surface area contributed by atoms with Crippen LogP contribution in [0, 0.1) is 5.41 Å². The Bertz CT molecular complexity index is 658. The highest BCUT2D eigenvalue weighted by atomic mass is 15.3. The van der Waals surface area contributed by atoms with Gasteiger partial charge in [-0.3, -0.25) is 0 Å². The molecule has 130 valence electrons. The van der Waals surface area contributed by atoms with E-state index >= 15 is 0 Å². The minimum atomic E-state index is 0.313. The van der Waals surface area contributed by atoms with Crippen LogP contribution >= 0.6 is 0 Å². The van der Waals surface area contributed by atoms with Crippen LogP contribution in [0.5, 0.6) is 0 Å². The van der Waals surface area contributed by atoms with Crippen molar-refractivity contribution in [1.82, 2.24) is 14.9 Å².